The van der Waals surface area contributed by atoms with Crippen LogP contribution in [0, 0.1) is 0 Å². The number of carbonyl (C=O) groups excluding carboxylic acids is 1. The van der Waals surface area contributed by atoms with Crippen molar-refractivity contribution in [2.24, 2.45) is 0 Å². The largest absolute Gasteiger partial charge is 0.493 e. The number of ether oxygens (including phenoxy) is 2. The second kappa shape index (κ2) is 10.0. The summed E-state index contributed by atoms with van der Waals surface area (Å²) >= 11 is 11.8. The molecule has 6 heteroatoms. The molecule has 0 saturated heterocycles. The first kappa shape index (κ1) is 20.8. The maximum atomic E-state index is 12.1. The van der Waals surface area contributed by atoms with Crippen LogP contribution in [0.5, 0.6) is 11.5 Å². The highest BCUT2D eigenvalue weighted by atomic mass is 35.5. The predicted octanol–water partition coefficient (Wildman–Crippen LogP) is 6.23. The molecule has 0 unspecified atom stereocenters. The van der Waals surface area contributed by atoms with Crippen molar-refractivity contribution in [3.8, 4) is 11.5 Å². The van der Waals surface area contributed by atoms with Gasteiger partial charge in [0.15, 0.2) is 11.5 Å². The van der Waals surface area contributed by atoms with Crippen LogP contribution in [-0.4, -0.2) is 13.0 Å². The molecule has 148 valence electrons. The summed E-state index contributed by atoms with van der Waals surface area (Å²) < 4.78 is 11.3. The number of anilines is 1. The summed E-state index contributed by atoms with van der Waals surface area (Å²) in [5, 5.41) is 3.55. The van der Waals surface area contributed by atoms with Crippen LogP contribution in [0.1, 0.15) is 11.1 Å². The Kier molecular flexibility index (Phi) is 7.17. The molecule has 3 rings (SSSR count). The second-order valence-corrected chi connectivity index (χ2v) is 6.95. The molecule has 3 aromatic rings. The van der Waals surface area contributed by atoms with Crippen LogP contribution in [0.15, 0.2) is 72.8 Å². The average molecular weight is 428 g/mol. The van der Waals surface area contributed by atoms with Gasteiger partial charge in [-0.25, -0.2) is 0 Å². The van der Waals surface area contributed by atoms with Crippen molar-refractivity contribution in [1.29, 1.82) is 0 Å². The number of halogens is 2. The van der Waals surface area contributed by atoms with Gasteiger partial charge in [-0.1, -0.05) is 59.6 Å². The SMILES string of the molecule is COc1cc(/C=C/C(=O)Nc2ccc(Cl)c(Cl)c2)ccc1OCc1ccccc1. The topological polar surface area (TPSA) is 47.6 Å². The van der Waals surface area contributed by atoms with Crippen molar-refractivity contribution >= 4 is 40.9 Å². The van der Waals surface area contributed by atoms with Gasteiger partial charge in [-0.3, -0.25) is 4.79 Å². The predicted molar refractivity (Wildman–Crippen MR) is 118 cm³/mol. The van der Waals surface area contributed by atoms with E-state index in [2.05, 4.69) is 5.32 Å². The van der Waals surface area contributed by atoms with Crippen LogP contribution in [0.25, 0.3) is 6.08 Å². The second-order valence-electron chi connectivity index (χ2n) is 6.14. The summed E-state index contributed by atoms with van der Waals surface area (Å²) in [6.07, 6.45) is 3.12. The molecule has 4 nitrogen and oxygen atoms in total. The summed E-state index contributed by atoms with van der Waals surface area (Å²) in [7, 11) is 1.58. The molecule has 0 radical (unpaired) electrons. The number of amides is 1. The summed E-state index contributed by atoms with van der Waals surface area (Å²) in [6, 6.07) is 20.3. The molecule has 29 heavy (non-hydrogen) atoms. The third-order valence-electron chi connectivity index (χ3n) is 4.04. The lowest BCUT2D eigenvalue weighted by Gasteiger charge is -2.11. The van der Waals surface area contributed by atoms with Crippen LogP contribution in [0.2, 0.25) is 10.0 Å². The first-order chi connectivity index (χ1) is 14.0. The molecule has 0 spiro atoms. The molecule has 1 N–H and O–H groups in total. The Bertz CT molecular complexity index is 1020. The highest BCUT2D eigenvalue weighted by Crippen LogP contribution is 2.29. The van der Waals surface area contributed by atoms with Crippen molar-refractivity contribution in [2.75, 3.05) is 12.4 Å². The van der Waals surface area contributed by atoms with E-state index in [1.54, 1.807) is 31.4 Å². The quantitative estimate of drug-likeness (QED) is 0.454. The Labute approximate surface area is 179 Å². The van der Waals surface area contributed by atoms with Crippen molar-refractivity contribution in [1.82, 2.24) is 0 Å². The molecule has 0 aromatic heterocycles. The molecule has 0 fully saturated rings. The molecule has 0 aliphatic heterocycles. The van der Waals surface area contributed by atoms with E-state index in [9.17, 15) is 4.79 Å². The fourth-order valence-corrected chi connectivity index (χ4v) is 2.87. The minimum Gasteiger partial charge on any atom is -0.493 e. The van der Waals surface area contributed by atoms with Crippen molar-refractivity contribution in [2.45, 2.75) is 6.61 Å². The van der Waals surface area contributed by atoms with E-state index in [-0.39, 0.29) is 5.91 Å². The molecule has 0 bridgehead atoms. The third kappa shape index (κ3) is 6.01. The van der Waals surface area contributed by atoms with Gasteiger partial charge < -0.3 is 14.8 Å². The maximum absolute atomic E-state index is 12.1. The molecule has 0 heterocycles. The van der Waals surface area contributed by atoms with E-state index in [4.69, 9.17) is 32.7 Å². The minimum absolute atomic E-state index is 0.285. The minimum atomic E-state index is -0.285. The number of methoxy groups -OCH3 is 1. The Balaban J connectivity index is 1.64. The lowest BCUT2D eigenvalue weighted by molar-refractivity contribution is -0.111. The molecule has 1 amide bonds. The number of rotatable bonds is 7. The van der Waals surface area contributed by atoms with Gasteiger partial charge in [0.2, 0.25) is 5.91 Å². The van der Waals surface area contributed by atoms with Crippen LogP contribution >= 0.6 is 23.2 Å². The van der Waals surface area contributed by atoms with Crippen molar-refractivity contribution in [3.05, 3.63) is 94.0 Å². The van der Waals surface area contributed by atoms with E-state index < -0.39 is 0 Å². The van der Waals surface area contributed by atoms with Gasteiger partial charge in [-0.15, -0.1) is 0 Å². The summed E-state index contributed by atoms with van der Waals surface area (Å²) in [5.41, 5.74) is 2.44. The first-order valence-corrected chi connectivity index (χ1v) is 9.59. The molecule has 3 aromatic carbocycles. The fraction of sp³-hybridized carbons (Fsp3) is 0.0870. The molecular formula is C23H19Cl2NO3. The lowest BCUT2D eigenvalue weighted by Crippen LogP contribution is -2.07. The lowest BCUT2D eigenvalue weighted by atomic mass is 10.2. The van der Waals surface area contributed by atoms with Crippen LogP contribution in [-0.2, 0) is 11.4 Å². The molecule has 0 atom stereocenters. The first-order valence-electron chi connectivity index (χ1n) is 8.84. The highest BCUT2D eigenvalue weighted by Gasteiger charge is 2.06. The Morgan fingerprint density at radius 2 is 1.76 bits per heavy atom. The van der Waals surface area contributed by atoms with Crippen LogP contribution < -0.4 is 14.8 Å². The summed E-state index contributed by atoms with van der Waals surface area (Å²) in [5.74, 6) is 0.938. The Morgan fingerprint density at radius 3 is 2.48 bits per heavy atom. The van der Waals surface area contributed by atoms with Gasteiger partial charge in [-0.2, -0.15) is 0 Å². The fourth-order valence-electron chi connectivity index (χ4n) is 2.57. The molecule has 0 saturated carbocycles. The van der Waals surface area contributed by atoms with E-state index in [0.29, 0.717) is 33.8 Å². The maximum Gasteiger partial charge on any atom is 0.248 e. The standard InChI is InChI=1S/C23H19Cl2NO3/c1-28-22-13-16(7-11-21(22)29-15-17-5-3-2-4-6-17)8-12-23(27)26-18-9-10-19(24)20(25)14-18/h2-14H,15H2,1H3,(H,26,27)/b12-8+. The van der Waals surface area contributed by atoms with E-state index in [0.717, 1.165) is 11.1 Å². The Hall–Kier alpha value is -2.95. The van der Waals surface area contributed by atoms with E-state index in [1.807, 2.05) is 48.5 Å². The zero-order valence-electron chi connectivity index (χ0n) is 15.7. The molecule has 0 aliphatic carbocycles. The summed E-state index contributed by atoms with van der Waals surface area (Å²) in [6.45, 7) is 0.443. The van der Waals surface area contributed by atoms with Crippen LogP contribution in [0.3, 0.4) is 0 Å². The van der Waals surface area contributed by atoms with Crippen molar-refractivity contribution < 1.29 is 14.3 Å². The van der Waals surface area contributed by atoms with Crippen molar-refractivity contribution in [3.63, 3.8) is 0 Å². The highest BCUT2D eigenvalue weighted by molar-refractivity contribution is 6.42. The van der Waals surface area contributed by atoms with Gasteiger partial charge >= 0.3 is 0 Å². The number of benzene rings is 3. The number of hydrogen-bond donors (Lipinski definition) is 1. The van der Waals surface area contributed by atoms with Gasteiger partial charge in [-0.05, 0) is 47.5 Å². The molecular weight excluding hydrogens is 409 g/mol. The zero-order valence-corrected chi connectivity index (χ0v) is 17.2. The average Bonchev–Trinajstić information content (AvgIpc) is 2.74. The van der Waals surface area contributed by atoms with Gasteiger partial charge in [0.1, 0.15) is 6.61 Å². The van der Waals surface area contributed by atoms with Gasteiger partial charge in [0, 0.05) is 11.8 Å². The number of hydrogen-bond acceptors (Lipinski definition) is 3. The van der Waals surface area contributed by atoms with E-state index in [1.165, 1.54) is 6.08 Å². The molecule has 0 aliphatic rings. The normalized spacial score (nSPS) is 10.7. The van der Waals surface area contributed by atoms with Gasteiger partial charge in [0.05, 0.1) is 17.2 Å². The van der Waals surface area contributed by atoms with E-state index >= 15 is 0 Å². The van der Waals surface area contributed by atoms with Crippen LogP contribution in [0.4, 0.5) is 5.69 Å². The zero-order chi connectivity index (χ0) is 20.6. The summed E-state index contributed by atoms with van der Waals surface area (Å²) in [4.78, 5) is 12.1. The third-order valence-corrected chi connectivity index (χ3v) is 4.78. The van der Waals surface area contributed by atoms with Gasteiger partial charge in [0.25, 0.3) is 0 Å². The smallest absolute Gasteiger partial charge is 0.248 e. The number of nitrogens with one attached hydrogen (secondary N) is 1. The number of carbonyl (C=O) groups is 1. The Morgan fingerprint density at radius 1 is 0.966 bits per heavy atom. The monoisotopic (exact) mass is 427 g/mol.